The number of thioether (sulfide) groups is 1. The molecule has 0 saturated carbocycles. The molecule has 0 unspecified atom stereocenters. The molecule has 0 aliphatic rings. The lowest BCUT2D eigenvalue weighted by atomic mass is 10.2. The Hall–Kier alpha value is -1.53. The molecule has 0 aliphatic carbocycles. The minimum atomic E-state index is -3.17. The molecule has 6 heteroatoms. The number of hydrogen-bond donors (Lipinski definition) is 1. The summed E-state index contributed by atoms with van der Waals surface area (Å²) in [7, 11) is -3.17. The largest absolute Gasteiger partial charge is 0.399 e. The summed E-state index contributed by atoms with van der Waals surface area (Å²) < 4.78 is 35.9. The van der Waals surface area contributed by atoms with Gasteiger partial charge in [0.1, 0.15) is 5.82 Å². The van der Waals surface area contributed by atoms with E-state index in [2.05, 4.69) is 0 Å². The molecule has 20 heavy (non-hydrogen) atoms. The van der Waals surface area contributed by atoms with Crippen molar-refractivity contribution >= 4 is 27.3 Å². The van der Waals surface area contributed by atoms with Crippen molar-refractivity contribution in [3.63, 3.8) is 0 Å². The van der Waals surface area contributed by atoms with E-state index in [9.17, 15) is 12.8 Å². The maximum atomic E-state index is 13.2. The molecule has 2 rings (SSSR count). The maximum absolute atomic E-state index is 13.2. The average Bonchev–Trinajstić information content (AvgIpc) is 2.35. The molecule has 0 amide bonds. The van der Waals surface area contributed by atoms with E-state index in [4.69, 9.17) is 5.73 Å². The summed E-state index contributed by atoms with van der Waals surface area (Å²) in [4.78, 5) is 1.21. The van der Waals surface area contributed by atoms with Crippen LogP contribution in [0.15, 0.2) is 52.3 Å². The molecule has 0 fully saturated rings. The summed E-state index contributed by atoms with van der Waals surface area (Å²) in [6, 6.07) is 11.0. The quantitative estimate of drug-likeness (QED) is 0.696. The van der Waals surface area contributed by atoms with Crippen molar-refractivity contribution in [1.29, 1.82) is 0 Å². The lowest BCUT2D eigenvalue weighted by Crippen LogP contribution is -1.96. The summed E-state index contributed by atoms with van der Waals surface area (Å²) in [5.41, 5.74) is 6.77. The van der Waals surface area contributed by atoms with Gasteiger partial charge < -0.3 is 5.73 Å². The lowest BCUT2D eigenvalue weighted by Gasteiger charge is -2.05. The first-order valence-electron chi connectivity index (χ1n) is 5.82. The third-order valence-corrected chi connectivity index (χ3v) is 4.85. The first-order chi connectivity index (χ1) is 9.34. The van der Waals surface area contributed by atoms with Crippen LogP contribution in [0.5, 0.6) is 0 Å². The van der Waals surface area contributed by atoms with Gasteiger partial charge in [-0.05, 0) is 48.0 Å². The van der Waals surface area contributed by atoms with E-state index in [1.165, 1.54) is 30.2 Å². The maximum Gasteiger partial charge on any atom is 0.175 e. The Morgan fingerprint density at radius 2 is 1.80 bits per heavy atom. The predicted octanol–water partition coefficient (Wildman–Crippen LogP) is 3.10. The molecule has 0 aliphatic heterocycles. The van der Waals surface area contributed by atoms with Crippen LogP contribution in [-0.4, -0.2) is 14.7 Å². The standard InChI is InChI=1S/C14H14FNO2S2/c1-20(17,18)14-4-2-13(3-5-14)19-9-10-6-11(15)8-12(16)7-10/h2-8H,9,16H2,1H3. The molecule has 0 atom stereocenters. The Labute approximate surface area is 121 Å². The van der Waals surface area contributed by atoms with E-state index in [0.29, 0.717) is 11.4 Å². The van der Waals surface area contributed by atoms with Gasteiger partial charge >= 0.3 is 0 Å². The van der Waals surface area contributed by atoms with Gasteiger partial charge in [0.05, 0.1) is 4.90 Å². The fourth-order valence-electron chi connectivity index (χ4n) is 1.71. The van der Waals surface area contributed by atoms with Crippen molar-refractivity contribution in [1.82, 2.24) is 0 Å². The lowest BCUT2D eigenvalue weighted by molar-refractivity contribution is 0.602. The van der Waals surface area contributed by atoms with Crippen LogP contribution >= 0.6 is 11.8 Å². The Balaban J connectivity index is 2.07. The highest BCUT2D eigenvalue weighted by molar-refractivity contribution is 7.98. The summed E-state index contributed by atoms with van der Waals surface area (Å²) in [5, 5.41) is 0. The van der Waals surface area contributed by atoms with Gasteiger partial charge in [0, 0.05) is 22.6 Å². The molecule has 3 nitrogen and oxygen atoms in total. The van der Waals surface area contributed by atoms with Crippen molar-refractivity contribution in [2.45, 2.75) is 15.5 Å². The number of benzene rings is 2. The minimum absolute atomic E-state index is 0.289. The second-order valence-corrected chi connectivity index (χ2v) is 7.49. The average molecular weight is 311 g/mol. The van der Waals surface area contributed by atoms with Crippen molar-refractivity contribution < 1.29 is 12.8 Å². The van der Waals surface area contributed by atoms with Crippen LogP contribution in [0.4, 0.5) is 10.1 Å². The zero-order valence-electron chi connectivity index (χ0n) is 10.8. The van der Waals surface area contributed by atoms with Crippen LogP contribution in [-0.2, 0) is 15.6 Å². The van der Waals surface area contributed by atoms with E-state index in [1.54, 1.807) is 30.3 Å². The molecule has 0 bridgehead atoms. The molecule has 2 aromatic rings. The molecular formula is C14H14FNO2S2. The van der Waals surface area contributed by atoms with Crippen LogP contribution < -0.4 is 5.73 Å². The van der Waals surface area contributed by atoms with Gasteiger partial charge in [-0.3, -0.25) is 0 Å². The molecule has 0 radical (unpaired) electrons. The first-order valence-corrected chi connectivity index (χ1v) is 8.70. The minimum Gasteiger partial charge on any atom is -0.399 e. The Morgan fingerprint density at radius 3 is 2.35 bits per heavy atom. The molecule has 0 saturated heterocycles. The third-order valence-electron chi connectivity index (χ3n) is 2.64. The zero-order valence-corrected chi connectivity index (χ0v) is 12.5. The van der Waals surface area contributed by atoms with Gasteiger partial charge in [-0.1, -0.05) is 0 Å². The fraction of sp³-hybridized carbons (Fsp3) is 0.143. The molecular weight excluding hydrogens is 297 g/mol. The number of hydrogen-bond acceptors (Lipinski definition) is 4. The number of halogens is 1. The van der Waals surface area contributed by atoms with Crippen molar-refractivity contribution in [2.24, 2.45) is 0 Å². The molecule has 106 valence electrons. The Kier molecular flexibility index (Phi) is 4.35. The molecule has 0 aromatic heterocycles. The van der Waals surface area contributed by atoms with Crippen LogP contribution in [0.25, 0.3) is 0 Å². The number of nitrogens with two attached hydrogens (primary N) is 1. The van der Waals surface area contributed by atoms with E-state index >= 15 is 0 Å². The van der Waals surface area contributed by atoms with Gasteiger partial charge in [0.25, 0.3) is 0 Å². The number of nitrogen functional groups attached to an aromatic ring is 1. The molecule has 2 aromatic carbocycles. The van der Waals surface area contributed by atoms with E-state index in [1.807, 2.05) is 0 Å². The summed E-state index contributed by atoms with van der Waals surface area (Å²) in [6.45, 7) is 0. The third kappa shape index (κ3) is 3.98. The number of rotatable bonds is 4. The van der Waals surface area contributed by atoms with Gasteiger partial charge in [-0.25, -0.2) is 12.8 Å². The second kappa shape index (κ2) is 5.85. The Bertz CT molecular complexity index is 692. The summed E-state index contributed by atoms with van der Waals surface area (Å²) >= 11 is 1.49. The molecule has 2 N–H and O–H groups in total. The number of anilines is 1. The summed E-state index contributed by atoms with van der Waals surface area (Å²) in [6.07, 6.45) is 1.17. The van der Waals surface area contributed by atoms with E-state index in [-0.39, 0.29) is 10.7 Å². The fourth-order valence-corrected chi connectivity index (χ4v) is 3.17. The van der Waals surface area contributed by atoms with Gasteiger partial charge in [0.2, 0.25) is 0 Å². The van der Waals surface area contributed by atoms with Gasteiger partial charge in [0.15, 0.2) is 9.84 Å². The highest BCUT2D eigenvalue weighted by atomic mass is 32.2. The number of sulfone groups is 1. The summed E-state index contributed by atoms with van der Waals surface area (Å²) in [5.74, 6) is 0.216. The monoisotopic (exact) mass is 311 g/mol. The zero-order chi connectivity index (χ0) is 14.8. The highest BCUT2D eigenvalue weighted by Gasteiger charge is 2.06. The van der Waals surface area contributed by atoms with Crippen LogP contribution in [0.2, 0.25) is 0 Å². The molecule has 0 spiro atoms. The van der Waals surface area contributed by atoms with Crippen LogP contribution in [0.1, 0.15) is 5.56 Å². The highest BCUT2D eigenvalue weighted by Crippen LogP contribution is 2.25. The van der Waals surface area contributed by atoms with Crippen molar-refractivity contribution in [3.05, 3.63) is 53.8 Å². The van der Waals surface area contributed by atoms with E-state index < -0.39 is 9.84 Å². The second-order valence-electron chi connectivity index (χ2n) is 4.43. The van der Waals surface area contributed by atoms with Gasteiger partial charge in [-0.2, -0.15) is 0 Å². The van der Waals surface area contributed by atoms with Crippen LogP contribution in [0, 0.1) is 5.82 Å². The molecule has 0 heterocycles. The topological polar surface area (TPSA) is 60.2 Å². The van der Waals surface area contributed by atoms with E-state index in [0.717, 1.165) is 10.5 Å². The SMILES string of the molecule is CS(=O)(=O)c1ccc(SCc2cc(N)cc(F)c2)cc1. The van der Waals surface area contributed by atoms with Gasteiger partial charge in [-0.15, -0.1) is 11.8 Å². The van der Waals surface area contributed by atoms with Crippen molar-refractivity contribution in [2.75, 3.05) is 12.0 Å². The van der Waals surface area contributed by atoms with Crippen LogP contribution in [0.3, 0.4) is 0 Å². The van der Waals surface area contributed by atoms with Crippen molar-refractivity contribution in [3.8, 4) is 0 Å². The normalized spacial score (nSPS) is 11.5. The smallest absolute Gasteiger partial charge is 0.175 e. The first kappa shape index (κ1) is 14.9. The Morgan fingerprint density at radius 1 is 1.15 bits per heavy atom. The predicted molar refractivity (Wildman–Crippen MR) is 79.9 cm³/mol.